The summed E-state index contributed by atoms with van der Waals surface area (Å²) in [6, 6.07) is 0. The van der Waals surface area contributed by atoms with Crippen LogP contribution in [-0.2, 0) is 32.7 Å². The molecule has 0 radical (unpaired) electrons. The van der Waals surface area contributed by atoms with Gasteiger partial charge in [0.05, 0.1) is 13.2 Å². The Balaban J connectivity index is 4.23. The molecule has 3 N–H and O–H groups in total. The molecule has 55 heavy (non-hydrogen) atoms. The highest BCUT2D eigenvalue weighted by atomic mass is 31.2. The molecule has 0 fully saturated rings. The molecule has 0 bridgehead atoms. The van der Waals surface area contributed by atoms with Crippen molar-refractivity contribution in [1.29, 1.82) is 0 Å². The van der Waals surface area contributed by atoms with Crippen LogP contribution in [-0.4, -0.2) is 49.3 Å². The summed E-state index contributed by atoms with van der Waals surface area (Å²) in [5.41, 5.74) is 5.34. The number of phosphoric acid groups is 1. The molecule has 0 saturated heterocycles. The standard InChI is InChI=1S/C45H80NO8P/c1-3-5-7-9-11-13-15-17-19-21-23-25-27-29-31-33-35-37-44(47)51-41-43(42-53-55(49,50)52-40-39-46)54-45(48)38-36-34-32-30-28-26-24-22-20-18-16-14-12-10-8-6-4-2/h5,7,11,13,17,19,23,25,29,31,43H,3-4,6,8-10,12,14-16,18,20-22,24,26-28,30,32-42,46H2,1-2H3,(H,49,50). The molecule has 0 aliphatic carbocycles. The van der Waals surface area contributed by atoms with E-state index in [-0.39, 0.29) is 32.6 Å². The maximum absolute atomic E-state index is 12.6. The molecule has 0 aliphatic heterocycles. The smallest absolute Gasteiger partial charge is 0.462 e. The molecule has 0 spiro atoms. The predicted molar refractivity (Wildman–Crippen MR) is 229 cm³/mol. The number of nitrogens with two attached hydrogens (primary N) is 1. The zero-order valence-electron chi connectivity index (χ0n) is 34.9. The van der Waals surface area contributed by atoms with Gasteiger partial charge in [0.15, 0.2) is 6.10 Å². The molecule has 0 amide bonds. The number of phosphoric ester groups is 1. The van der Waals surface area contributed by atoms with Crippen molar-refractivity contribution < 1.29 is 37.6 Å². The van der Waals surface area contributed by atoms with Gasteiger partial charge < -0.3 is 20.1 Å². The van der Waals surface area contributed by atoms with Crippen LogP contribution in [0.4, 0.5) is 0 Å². The quantitative estimate of drug-likeness (QED) is 0.0269. The Morgan fingerprint density at radius 2 is 1.00 bits per heavy atom. The van der Waals surface area contributed by atoms with Gasteiger partial charge >= 0.3 is 19.8 Å². The number of esters is 2. The Morgan fingerprint density at radius 3 is 1.47 bits per heavy atom. The molecule has 0 aromatic carbocycles. The lowest BCUT2D eigenvalue weighted by Gasteiger charge is -2.19. The van der Waals surface area contributed by atoms with Crippen LogP contribution in [0, 0.1) is 0 Å². The Hall–Kier alpha value is -2.29. The van der Waals surface area contributed by atoms with E-state index in [2.05, 4.69) is 68.5 Å². The minimum absolute atomic E-state index is 0.0446. The Kier molecular flexibility index (Phi) is 39.6. The number of hydrogen-bond donors (Lipinski definition) is 2. The molecule has 0 aromatic heterocycles. The molecular formula is C45H80NO8P. The summed E-state index contributed by atoms with van der Waals surface area (Å²) in [7, 11) is -4.39. The Bertz CT molecular complexity index is 1090. The maximum Gasteiger partial charge on any atom is 0.472 e. The van der Waals surface area contributed by atoms with Crippen molar-refractivity contribution in [3.63, 3.8) is 0 Å². The highest BCUT2D eigenvalue weighted by Crippen LogP contribution is 2.43. The topological polar surface area (TPSA) is 134 Å². The largest absolute Gasteiger partial charge is 0.472 e. The average molecular weight is 794 g/mol. The van der Waals surface area contributed by atoms with Crippen LogP contribution in [0.2, 0.25) is 0 Å². The second kappa shape index (κ2) is 41.3. The summed E-state index contributed by atoms with van der Waals surface area (Å²) in [5, 5.41) is 0. The lowest BCUT2D eigenvalue weighted by molar-refractivity contribution is -0.161. The first-order chi connectivity index (χ1) is 26.8. The number of carbonyl (C=O) groups excluding carboxylic acids is 2. The van der Waals surface area contributed by atoms with Crippen molar-refractivity contribution in [2.45, 2.75) is 187 Å². The minimum atomic E-state index is -4.39. The molecule has 2 unspecified atom stereocenters. The van der Waals surface area contributed by atoms with Gasteiger partial charge in [0.25, 0.3) is 0 Å². The lowest BCUT2D eigenvalue weighted by Crippen LogP contribution is -2.29. The summed E-state index contributed by atoms with van der Waals surface area (Å²) in [4.78, 5) is 34.8. The van der Waals surface area contributed by atoms with Crippen LogP contribution in [0.25, 0.3) is 0 Å². The first-order valence-electron chi connectivity index (χ1n) is 21.8. The first-order valence-corrected chi connectivity index (χ1v) is 23.3. The Morgan fingerprint density at radius 1 is 0.564 bits per heavy atom. The minimum Gasteiger partial charge on any atom is -0.462 e. The number of unbranched alkanes of at least 4 members (excludes halogenated alkanes) is 17. The molecule has 2 atom stereocenters. The molecule has 0 aromatic rings. The van der Waals surface area contributed by atoms with Crippen molar-refractivity contribution in [3.05, 3.63) is 60.8 Å². The van der Waals surface area contributed by atoms with E-state index in [4.69, 9.17) is 24.3 Å². The summed E-state index contributed by atoms with van der Waals surface area (Å²) in [6.07, 6.45) is 48.3. The highest BCUT2D eigenvalue weighted by molar-refractivity contribution is 7.47. The SMILES string of the molecule is CCC=CCC=CCC=CCC=CCC=CCCCC(=O)OCC(COP(=O)(O)OCCN)OC(=O)CCCCCCCCCCCCCCCCCCC. The number of allylic oxidation sites excluding steroid dienone is 10. The molecule has 0 heterocycles. The lowest BCUT2D eigenvalue weighted by atomic mass is 10.0. The van der Waals surface area contributed by atoms with Gasteiger partial charge in [0, 0.05) is 19.4 Å². The van der Waals surface area contributed by atoms with Gasteiger partial charge in [-0.15, -0.1) is 0 Å². The fourth-order valence-electron chi connectivity index (χ4n) is 5.73. The van der Waals surface area contributed by atoms with Crippen LogP contribution in [0.15, 0.2) is 60.8 Å². The number of rotatable bonds is 40. The molecule has 0 rings (SSSR count). The first kappa shape index (κ1) is 52.7. The highest BCUT2D eigenvalue weighted by Gasteiger charge is 2.25. The normalized spacial score (nSPS) is 13.9. The predicted octanol–water partition coefficient (Wildman–Crippen LogP) is 12.5. The Labute approximate surface area is 336 Å². The molecule has 9 nitrogen and oxygen atoms in total. The van der Waals surface area contributed by atoms with E-state index in [0.29, 0.717) is 12.8 Å². The van der Waals surface area contributed by atoms with E-state index in [1.165, 1.54) is 83.5 Å². The number of ether oxygens (including phenoxy) is 2. The third-order valence-electron chi connectivity index (χ3n) is 8.92. The fraction of sp³-hybridized carbons (Fsp3) is 0.733. The van der Waals surface area contributed by atoms with E-state index in [0.717, 1.165) is 57.8 Å². The van der Waals surface area contributed by atoms with E-state index < -0.39 is 32.5 Å². The van der Waals surface area contributed by atoms with Gasteiger partial charge in [-0.3, -0.25) is 18.6 Å². The van der Waals surface area contributed by atoms with Gasteiger partial charge in [-0.05, 0) is 51.4 Å². The van der Waals surface area contributed by atoms with E-state index in [9.17, 15) is 19.0 Å². The van der Waals surface area contributed by atoms with Crippen molar-refractivity contribution >= 4 is 19.8 Å². The molecule has 0 aliphatic rings. The van der Waals surface area contributed by atoms with Gasteiger partial charge in [0.2, 0.25) is 0 Å². The van der Waals surface area contributed by atoms with Crippen molar-refractivity contribution in [2.75, 3.05) is 26.4 Å². The van der Waals surface area contributed by atoms with Gasteiger partial charge in [-0.2, -0.15) is 0 Å². The van der Waals surface area contributed by atoms with E-state index >= 15 is 0 Å². The van der Waals surface area contributed by atoms with Crippen LogP contribution in [0.3, 0.4) is 0 Å². The van der Waals surface area contributed by atoms with Crippen LogP contribution < -0.4 is 5.73 Å². The van der Waals surface area contributed by atoms with Gasteiger partial charge in [-0.1, -0.05) is 177 Å². The molecule has 10 heteroatoms. The third kappa shape index (κ3) is 41.2. The summed E-state index contributed by atoms with van der Waals surface area (Å²) >= 11 is 0. The second-order valence-corrected chi connectivity index (χ2v) is 15.6. The van der Waals surface area contributed by atoms with Crippen LogP contribution >= 0.6 is 7.82 Å². The van der Waals surface area contributed by atoms with E-state index in [1.807, 2.05) is 6.08 Å². The zero-order chi connectivity index (χ0) is 40.3. The average Bonchev–Trinajstić information content (AvgIpc) is 3.17. The van der Waals surface area contributed by atoms with Gasteiger partial charge in [-0.25, -0.2) is 4.57 Å². The molecule has 0 saturated carbocycles. The summed E-state index contributed by atoms with van der Waals surface area (Å²) in [6.45, 7) is 3.56. The van der Waals surface area contributed by atoms with Crippen LogP contribution in [0.1, 0.15) is 181 Å². The van der Waals surface area contributed by atoms with Crippen molar-refractivity contribution in [1.82, 2.24) is 0 Å². The summed E-state index contributed by atoms with van der Waals surface area (Å²) in [5.74, 6) is -0.896. The number of hydrogen-bond acceptors (Lipinski definition) is 8. The maximum atomic E-state index is 12.6. The van der Waals surface area contributed by atoms with Gasteiger partial charge in [0.1, 0.15) is 6.61 Å². The van der Waals surface area contributed by atoms with Crippen molar-refractivity contribution in [3.8, 4) is 0 Å². The number of carbonyl (C=O) groups is 2. The molecule has 318 valence electrons. The third-order valence-corrected chi connectivity index (χ3v) is 9.90. The fourth-order valence-corrected chi connectivity index (χ4v) is 6.49. The van der Waals surface area contributed by atoms with E-state index in [1.54, 1.807) is 0 Å². The van der Waals surface area contributed by atoms with Crippen LogP contribution in [0.5, 0.6) is 0 Å². The molecular weight excluding hydrogens is 713 g/mol. The summed E-state index contributed by atoms with van der Waals surface area (Å²) < 4.78 is 32.7. The van der Waals surface area contributed by atoms with Crippen molar-refractivity contribution in [2.24, 2.45) is 5.73 Å². The second-order valence-electron chi connectivity index (χ2n) is 14.2. The zero-order valence-corrected chi connectivity index (χ0v) is 35.8. The monoisotopic (exact) mass is 794 g/mol.